The summed E-state index contributed by atoms with van der Waals surface area (Å²) in [5.74, 6) is 0. The topological polar surface area (TPSA) is 73.9 Å². The van der Waals surface area contributed by atoms with Crippen LogP contribution in [-0.4, -0.2) is 14.6 Å². The Morgan fingerprint density at radius 3 is 2.42 bits per heavy atom. The van der Waals surface area contributed by atoms with Gasteiger partial charge in [0.1, 0.15) is 0 Å². The minimum absolute atomic E-state index is 0.168. The molecule has 2 heterocycles. The van der Waals surface area contributed by atoms with Gasteiger partial charge in [-0.25, -0.2) is 9.50 Å². The number of hydrogen-bond acceptors (Lipinski definition) is 3. The summed E-state index contributed by atoms with van der Waals surface area (Å²) in [5, 5.41) is 11.9. The largest absolute Gasteiger partial charge is 0.289 e. The molecule has 0 aliphatic rings. The summed E-state index contributed by atoms with van der Waals surface area (Å²) < 4.78 is 1.42. The molecule has 0 fully saturated rings. The van der Waals surface area contributed by atoms with Gasteiger partial charge in [-0.15, -0.1) is 0 Å². The zero-order valence-electron chi connectivity index (χ0n) is 12.6. The average molecular weight is 312 g/mol. The van der Waals surface area contributed by atoms with Crippen molar-refractivity contribution in [2.24, 2.45) is 0 Å². The second kappa shape index (κ2) is 5.52. The monoisotopic (exact) mass is 312 g/mol. The fraction of sp³-hybridized carbons (Fsp3) is 0. The van der Waals surface area contributed by atoms with E-state index in [9.17, 15) is 4.79 Å². The summed E-state index contributed by atoms with van der Waals surface area (Å²) in [6.45, 7) is 0. The zero-order valence-corrected chi connectivity index (χ0v) is 12.6. The first-order chi connectivity index (χ1) is 11.7. The van der Waals surface area contributed by atoms with Crippen LogP contribution in [0.1, 0.15) is 5.56 Å². The molecule has 114 valence electrons. The van der Waals surface area contributed by atoms with E-state index in [2.05, 4.69) is 16.2 Å². The highest BCUT2D eigenvalue weighted by atomic mass is 16.1. The van der Waals surface area contributed by atoms with Crippen LogP contribution in [0.15, 0.2) is 71.5 Å². The number of rotatable bonds is 2. The van der Waals surface area contributed by atoms with Crippen LogP contribution >= 0.6 is 0 Å². The van der Waals surface area contributed by atoms with E-state index >= 15 is 0 Å². The zero-order chi connectivity index (χ0) is 16.5. The van der Waals surface area contributed by atoms with Crippen molar-refractivity contribution < 1.29 is 0 Å². The van der Waals surface area contributed by atoms with E-state index in [1.54, 1.807) is 12.1 Å². The van der Waals surface area contributed by atoms with Gasteiger partial charge in [0.05, 0.1) is 23.0 Å². The van der Waals surface area contributed by atoms with E-state index in [-0.39, 0.29) is 5.56 Å². The maximum absolute atomic E-state index is 12.4. The third-order valence-electron chi connectivity index (χ3n) is 3.84. The molecule has 0 saturated heterocycles. The highest BCUT2D eigenvalue weighted by Gasteiger charge is 2.09. The van der Waals surface area contributed by atoms with E-state index in [1.807, 2.05) is 48.5 Å². The summed E-state index contributed by atoms with van der Waals surface area (Å²) in [6.07, 6.45) is 0. The van der Waals surface area contributed by atoms with E-state index in [0.29, 0.717) is 16.9 Å². The van der Waals surface area contributed by atoms with Gasteiger partial charge in [0, 0.05) is 17.7 Å². The first-order valence-electron chi connectivity index (χ1n) is 7.43. The summed E-state index contributed by atoms with van der Waals surface area (Å²) in [4.78, 5) is 16.9. The van der Waals surface area contributed by atoms with Crippen LogP contribution in [0.3, 0.4) is 0 Å². The highest BCUT2D eigenvalue weighted by molar-refractivity contribution is 5.67. The maximum atomic E-state index is 12.4. The van der Waals surface area contributed by atoms with Gasteiger partial charge in [0.2, 0.25) is 0 Å². The molecule has 24 heavy (non-hydrogen) atoms. The molecule has 0 radical (unpaired) electrons. The standard InChI is InChI=1S/C19H12N4O/c20-12-13-6-8-15(9-7-13)17-10-18-21-16(11-19(24)23(18)22-17)14-4-2-1-3-5-14/h1-11,22H. The van der Waals surface area contributed by atoms with Gasteiger partial charge in [-0.3, -0.25) is 9.89 Å². The Kier molecular flexibility index (Phi) is 3.22. The van der Waals surface area contributed by atoms with Crippen molar-refractivity contribution in [2.45, 2.75) is 0 Å². The Morgan fingerprint density at radius 2 is 1.71 bits per heavy atom. The third kappa shape index (κ3) is 2.36. The van der Waals surface area contributed by atoms with Crippen LogP contribution in [0.2, 0.25) is 0 Å². The van der Waals surface area contributed by atoms with Crippen LogP contribution < -0.4 is 5.56 Å². The number of H-pyrrole nitrogens is 1. The van der Waals surface area contributed by atoms with E-state index in [1.165, 1.54) is 10.6 Å². The Hall–Kier alpha value is -3.65. The maximum Gasteiger partial charge on any atom is 0.273 e. The number of nitrogens with zero attached hydrogens (tertiary/aromatic N) is 3. The molecular formula is C19H12N4O. The number of aromatic amines is 1. The van der Waals surface area contributed by atoms with Gasteiger partial charge in [-0.1, -0.05) is 42.5 Å². The van der Waals surface area contributed by atoms with Crippen molar-refractivity contribution in [3.8, 4) is 28.6 Å². The molecule has 0 bridgehead atoms. The summed E-state index contributed by atoms with van der Waals surface area (Å²) in [6, 6.07) is 22.2. The van der Waals surface area contributed by atoms with Gasteiger partial charge in [0.15, 0.2) is 5.65 Å². The van der Waals surface area contributed by atoms with Crippen LogP contribution in [0.25, 0.3) is 28.2 Å². The lowest BCUT2D eigenvalue weighted by Crippen LogP contribution is -2.14. The number of fused-ring (bicyclic) bond motifs is 1. The fourth-order valence-electron chi connectivity index (χ4n) is 2.62. The quantitative estimate of drug-likeness (QED) is 0.617. The number of nitrogens with one attached hydrogen (secondary N) is 1. The molecule has 0 amide bonds. The first kappa shape index (κ1) is 14.0. The number of benzene rings is 2. The molecule has 1 N–H and O–H groups in total. The molecule has 4 aromatic rings. The molecule has 0 unspecified atom stereocenters. The lowest BCUT2D eigenvalue weighted by molar-refractivity contribution is 0.904. The number of aromatic nitrogens is 3. The second-order valence-corrected chi connectivity index (χ2v) is 5.40. The molecule has 4 rings (SSSR count). The van der Waals surface area contributed by atoms with Gasteiger partial charge in [0.25, 0.3) is 5.56 Å². The molecule has 0 aliphatic heterocycles. The van der Waals surface area contributed by atoms with Gasteiger partial charge in [-0.2, -0.15) is 5.26 Å². The predicted octanol–water partition coefficient (Wildman–Crippen LogP) is 3.23. The summed E-state index contributed by atoms with van der Waals surface area (Å²) in [7, 11) is 0. The third-order valence-corrected chi connectivity index (χ3v) is 3.84. The Bertz CT molecular complexity index is 1120. The summed E-state index contributed by atoms with van der Waals surface area (Å²) >= 11 is 0. The van der Waals surface area contributed by atoms with Crippen LogP contribution in [0, 0.1) is 11.3 Å². The van der Waals surface area contributed by atoms with E-state index in [4.69, 9.17) is 5.26 Å². The van der Waals surface area contributed by atoms with Crippen LogP contribution in [-0.2, 0) is 0 Å². The lowest BCUT2D eigenvalue weighted by Gasteiger charge is -2.00. The second-order valence-electron chi connectivity index (χ2n) is 5.40. The van der Waals surface area contributed by atoms with Crippen molar-refractivity contribution in [3.05, 3.63) is 82.6 Å². The van der Waals surface area contributed by atoms with Crippen molar-refractivity contribution in [3.63, 3.8) is 0 Å². The molecule has 2 aromatic carbocycles. The molecule has 2 aromatic heterocycles. The molecule has 0 aliphatic carbocycles. The van der Waals surface area contributed by atoms with Crippen molar-refractivity contribution in [2.75, 3.05) is 0 Å². The predicted molar refractivity (Wildman–Crippen MR) is 91.4 cm³/mol. The highest BCUT2D eigenvalue weighted by Crippen LogP contribution is 2.21. The van der Waals surface area contributed by atoms with Crippen LogP contribution in [0.4, 0.5) is 0 Å². The molecule has 0 atom stereocenters. The minimum Gasteiger partial charge on any atom is -0.289 e. The first-order valence-corrected chi connectivity index (χ1v) is 7.43. The number of hydrogen-bond donors (Lipinski definition) is 1. The smallest absolute Gasteiger partial charge is 0.273 e. The van der Waals surface area contributed by atoms with E-state index in [0.717, 1.165) is 16.8 Å². The summed E-state index contributed by atoms with van der Waals surface area (Å²) in [5.41, 5.74) is 4.19. The number of nitriles is 1. The molecule has 0 saturated carbocycles. The minimum atomic E-state index is -0.168. The Labute approximate surface area is 137 Å². The van der Waals surface area contributed by atoms with Crippen molar-refractivity contribution in [1.82, 2.24) is 14.6 Å². The average Bonchev–Trinajstić information content (AvgIpc) is 3.07. The van der Waals surface area contributed by atoms with Gasteiger partial charge < -0.3 is 0 Å². The van der Waals surface area contributed by atoms with Crippen molar-refractivity contribution >= 4 is 5.65 Å². The van der Waals surface area contributed by atoms with Crippen molar-refractivity contribution in [1.29, 1.82) is 5.26 Å². The Balaban J connectivity index is 1.85. The Morgan fingerprint density at radius 1 is 0.958 bits per heavy atom. The molecular weight excluding hydrogens is 300 g/mol. The molecule has 5 heteroatoms. The SMILES string of the molecule is N#Cc1ccc(-c2cc3nc(-c4ccccc4)cc(=O)n3[nH]2)cc1. The van der Waals surface area contributed by atoms with Gasteiger partial charge in [-0.05, 0) is 17.7 Å². The fourth-order valence-corrected chi connectivity index (χ4v) is 2.62. The van der Waals surface area contributed by atoms with E-state index < -0.39 is 0 Å². The van der Waals surface area contributed by atoms with Gasteiger partial charge >= 0.3 is 0 Å². The lowest BCUT2D eigenvalue weighted by atomic mass is 10.1. The molecule has 0 spiro atoms. The molecule has 5 nitrogen and oxygen atoms in total. The van der Waals surface area contributed by atoms with Crippen LogP contribution in [0.5, 0.6) is 0 Å². The normalized spacial score (nSPS) is 10.6.